The highest BCUT2D eigenvalue weighted by Gasteiger charge is 2.17. The molecule has 0 aromatic carbocycles. The summed E-state index contributed by atoms with van der Waals surface area (Å²) in [6, 6.07) is 0. The molecular weight excluding hydrogens is 168 g/mol. The van der Waals surface area contributed by atoms with Crippen LogP contribution in [0.15, 0.2) is 35.7 Å². The first-order chi connectivity index (χ1) is 6.31. The smallest absolute Gasteiger partial charge is 0.337 e. The van der Waals surface area contributed by atoms with Gasteiger partial charge in [-0.1, -0.05) is 0 Å². The molecule has 0 radical (unpaired) electrons. The van der Waals surface area contributed by atoms with E-state index in [1.54, 1.807) is 12.2 Å². The summed E-state index contributed by atoms with van der Waals surface area (Å²) < 4.78 is 4.61. The fraction of sp³-hybridized carbons (Fsp3) is 0.222. The summed E-state index contributed by atoms with van der Waals surface area (Å²) in [5, 5.41) is 1.87. The minimum absolute atomic E-state index is 0.302. The van der Waals surface area contributed by atoms with Gasteiger partial charge < -0.3 is 4.74 Å². The maximum absolute atomic E-state index is 11.1. The molecule has 0 aromatic heterocycles. The maximum Gasteiger partial charge on any atom is 0.337 e. The molecule has 0 aromatic rings. The molecule has 1 N–H and O–H groups in total. The number of rotatable bonds is 1. The number of carbonyl (C=O) groups is 1. The Morgan fingerprint density at radius 2 is 2.54 bits per heavy atom. The summed E-state index contributed by atoms with van der Waals surface area (Å²) in [4.78, 5) is 11.1. The minimum Gasteiger partial charge on any atom is -0.465 e. The highest BCUT2D eigenvalue weighted by molar-refractivity contribution is 5.92. The van der Waals surface area contributed by atoms with Crippen LogP contribution in [0.5, 0.6) is 0 Å². The van der Waals surface area contributed by atoms with E-state index >= 15 is 0 Å². The molecule has 0 aliphatic carbocycles. The van der Waals surface area contributed by atoms with Gasteiger partial charge in [0.05, 0.1) is 18.4 Å². The van der Waals surface area contributed by atoms with Crippen molar-refractivity contribution in [3.63, 3.8) is 0 Å². The minimum atomic E-state index is -0.302. The third-order valence-electron chi connectivity index (χ3n) is 1.98. The Labute approximate surface area is 76.1 Å². The second kappa shape index (κ2) is 3.06. The zero-order valence-electron chi connectivity index (χ0n) is 7.28. The van der Waals surface area contributed by atoms with Gasteiger partial charge in [-0.2, -0.15) is 0 Å². The van der Waals surface area contributed by atoms with Crippen molar-refractivity contribution in [1.29, 1.82) is 0 Å². The molecule has 0 fully saturated rings. The second-order valence-electron chi connectivity index (χ2n) is 2.77. The largest absolute Gasteiger partial charge is 0.465 e. The van der Waals surface area contributed by atoms with Gasteiger partial charge in [-0.05, 0) is 18.2 Å². The topological polar surface area (TPSA) is 41.6 Å². The van der Waals surface area contributed by atoms with E-state index < -0.39 is 0 Å². The van der Waals surface area contributed by atoms with Crippen LogP contribution in [0.4, 0.5) is 0 Å². The van der Waals surface area contributed by atoms with E-state index in [0.29, 0.717) is 5.57 Å². The van der Waals surface area contributed by atoms with E-state index in [2.05, 4.69) is 10.2 Å². The van der Waals surface area contributed by atoms with Crippen LogP contribution in [0.2, 0.25) is 0 Å². The number of fused-ring (bicyclic) bond motifs is 1. The first-order valence-electron chi connectivity index (χ1n) is 4.02. The quantitative estimate of drug-likeness (QED) is 0.587. The predicted octanol–water partition coefficient (Wildman–Crippen LogP) is 0.317. The van der Waals surface area contributed by atoms with Crippen molar-refractivity contribution in [3.8, 4) is 0 Å². The van der Waals surface area contributed by atoms with Gasteiger partial charge in [0.15, 0.2) is 0 Å². The van der Waals surface area contributed by atoms with Crippen LogP contribution in [-0.4, -0.2) is 24.6 Å². The Balaban J connectivity index is 2.24. The number of nitrogens with zero attached hydrogens (tertiary/aromatic N) is 1. The molecular formula is C9H10N2O2. The highest BCUT2D eigenvalue weighted by atomic mass is 16.5. The zero-order valence-corrected chi connectivity index (χ0v) is 7.28. The van der Waals surface area contributed by atoms with Crippen LogP contribution in [0.25, 0.3) is 0 Å². The average molecular weight is 178 g/mol. The Hall–Kier alpha value is -1.55. The lowest BCUT2D eigenvalue weighted by Crippen LogP contribution is -2.27. The summed E-state index contributed by atoms with van der Waals surface area (Å²) in [5.41, 5.74) is 4.66. The van der Waals surface area contributed by atoms with Gasteiger partial charge in [0.25, 0.3) is 0 Å². The lowest BCUT2D eigenvalue weighted by molar-refractivity contribution is -0.135. The maximum atomic E-state index is 11.1. The molecule has 0 saturated heterocycles. The number of methoxy groups -OCH3 is 1. The lowest BCUT2D eigenvalue weighted by Gasteiger charge is -2.19. The lowest BCUT2D eigenvalue weighted by atomic mass is 10.1. The van der Waals surface area contributed by atoms with E-state index in [0.717, 1.165) is 12.2 Å². The Morgan fingerprint density at radius 3 is 3.31 bits per heavy atom. The van der Waals surface area contributed by atoms with Crippen LogP contribution >= 0.6 is 0 Å². The van der Waals surface area contributed by atoms with Crippen LogP contribution in [-0.2, 0) is 9.53 Å². The van der Waals surface area contributed by atoms with E-state index in [9.17, 15) is 4.79 Å². The second-order valence-corrected chi connectivity index (χ2v) is 2.77. The monoisotopic (exact) mass is 178 g/mol. The number of hydrogen-bond acceptors (Lipinski definition) is 4. The molecule has 13 heavy (non-hydrogen) atoms. The summed E-state index contributed by atoms with van der Waals surface area (Å²) in [6.07, 6.45) is 7.34. The van der Waals surface area contributed by atoms with Gasteiger partial charge in [-0.3, -0.25) is 5.01 Å². The molecule has 2 heterocycles. The summed E-state index contributed by atoms with van der Waals surface area (Å²) in [5.74, 6) is -0.302. The molecule has 2 aliphatic heterocycles. The van der Waals surface area contributed by atoms with Crippen LogP contribution in [0.3, 0.4) is 0 Å². The highest BCUT2D eigenvalue weighted by Crippen LogP contribution is 2.18. The number of esters is 1. The summed E-state index contributed by atoms with van der Waals surface area (Å²) in [7, 11) is 1.38. The molecule has 4 nitrogen and oxygen atoms in total. The van der Waals surface area contributed by atoms with Crippen molar-refractivity contribution in [3.05, 3.63) is 35.7 Å². The standard InChI is InChI=1S/C9H10N2O2/c1-13-9(12)7-3-5-11-8(6-7)2-4-10-11/h2-3,5-6,10H,4H2,1H3. The molecule has 2 rings (SSSR count). The SMILES string of the molecule is COC(=O)C1=CC2=CCNN2C=C1. The number of hydrogen-bond donors (Lipinski definition) is 1. The van der Waals surface area contributed by atoms with Gasteiger partial charge in [0, 0.05) is 12.7 Å². The Bertz CT molecular complexity index is 329. The van der Waals surface area contributed by atoms with E-state index in [-0.39, 0.29) is 5.97 Å². The first kappa shape index (κ1) is 8.07. The zero-order chi connectivity index (χ0) is 9.26. The van der Waals surface area contributed by atoms with Crippen molar-refractivity contribution < 1.29 is 9.53 Å². The predicted molar refractivity (Wildman–Crippen MR) is 47.2 cm³/mol. The van der Waals surface area contributed by atoms with Crippen molar-refractivity contribution in [2.75, 3.05) is 13.7 Å². The molecule has 2 aliphatic rings. The van der Waals surface area contributed by atoms with Crippen molar-refractivity contribution in [2.24, 2.45) is 0 Å². The molecule has 0 amide bonds. The molecule has 0 spiro atoms. The molecule has 0 atom stereocenters. The van der Waals surface area contributed by atoms with Gasteiger partial charge in [0.2, 0.25) is 0 Å². The first-order valence-corrected chi connectivity index (χ1v) is 4.02. The van der Waals surface area contributed by atoms with Crippen LogP contribution in [0, 0.1) is 0 Å². The van der Waals surface area contributed by atoms with E-state index in [1.165, 1.54) is 7.11 Å². The molecule has 4 heteroatoms. The normalized spacial score (nSPS) is 19.3. The summed E-state index contributed by atoms with van der Waals surface area (Å²) in [6.45, 7) is 0.796. The summed E-state index contributed by atoms with van der Waals surface area (Å²) >= 11 is 0. The van der Waals surface area contributed by atoms with Crippen LogP contribution < -0.4 is 5.43 Å². The van der Waals surface area contributed by atoms with Crippen LogP contribution in [0.1, 0.15) is 0 Å². The third-order valence-corrected chi connectivity index (χ3v) is 1.98. The third kappa shape index (κ3) is 1.36. The van der Waals surface area contributed by atoms with Gasteiger partial charge in [0.1, 0.15) is 0 Å². The molecule has 0 saturated carbocycles. The number of allylic oxidation sites excluding steroid dienone is 1. The van der Waals surface area contributed by atoms with Crippen molar-refractivity contribution in [1.82, 2.24) is 10.4 Å². The Morgan fingerprint density at radius 1 is 1.69 bits per heavy atom. The Kier molecular flexibility index (Phi) is 1.90. The number of nitrogens with one attached hydrogen (secondary N) is 1. The van der Waals surface area contributed by atoms with Gasteiger partial charge in [-0.25, -0.2) is 10.2 Å². The molecule has 0 bridgehead atoms. The van der Waals surface area contributed by atoms with E-state index in [4.69, 9.17) is 0 Å². The van der Waals surface area contributed by atoms with Crippen molar-refractivity contribution >= 4 is 5.97 Å². The molecule has 68 valence electrons. The molecule has 0 unspecified atom stereocenters. The van der Waals surface area contributed by atoms with Gasteiger partial charge >= 0.3 is 5.97 Å². The van der Waals surface area contributed by atoms with Crippen molar-refractivity contribution in [2.45, 2.75) is 0 Å². The number of carbonyl (C=O) groups excluding carboxylic acids is 1. The van der Waals surface area contributed by atoms with Gasteiger partial charge in [-0.15, -0.1) is 0 Å². The fourth-order valence-corrected chi connectivity index (χ4v) is 1.31. The average Bonchev–Trinajstić information content (AvgIpc) is 2.63. The number of hydrazine groups is 1. The number of ether oxygens (including phenoxy) is 1. The van der Waals surface area contributed by atoms with E-state index in [1.807, 2.05) is 17.3 Å². The fourth-order valence-electron chi connectivity index (χ4n) is 1.31.